The van der Waals surface area contributed by atoms with Crippen molar-refractivity contribution in [1.29, 1.82) is 0 Å². The molecule has 3 aromatic carbocycles. The highest BCUT2D eigenvalue weighted by atomic mass is 16.7. The van der Waals surface area contributed by atoms with Crippen LogP contribution < -0.4 is 33.6 Å². The Morgan fingerprint density at radius 2 is 0.767 bits per heavy atom. The summed E-state index contributed by atoms with van der Waals surface area (Å²) in [6.07, 6.45) is 0. The van der Waals surface area contributed by atoms with Crippen LogP contribution in [-0.2, 0) is 13.7 Å². The van der Waals surface area contributed by atoms with Crippen LogP contribution in [-0.4, -0.2) is 21.4 Å². The zero-order valence-electron chi connectivity index (χ0n) is 17.4. The summed E-state index contributed by atoms with van der Waals surface area (Å²) in [5.41, 5.74) is 25.8. The van der Waals surface area contributed by atoms with Gasteiger partial charge in [0.1, 0.15) is 0 Å². The molecule has 0 bridgehead atoms. The Hall–Kier alpha value is -2.87. The number of hydrogen-bond donors (Lipinski definition) is 3. The van der Waals surface area contributed by atoms with E-state index < -0.39 is 21.4 Å². The molecule has 0 radical (unpaired) electrons. The number of aryl methyl sites for hydroxylation is 3. The molecule has 1 heterocycles. The van der Waals surface area contributed by atoms with Crippen LogP contribution in [0.4, 0.5) is 17.1 Å². The summed E-state index contributed by atoms with van der Waals surface area (Å²) < 4.78 is 18.5. The first-order valence-corrected chi connectivity index (χ1v) is 9.86. The fourth-order valence-corrected chi connectivity index (χ4v) is 3.32. The molecule has 9 heteroatoms. The Morgan fingerprint density at radius 1 is 0.500 bits per heavy atom. The average molecular weight is 399 g/mol. The molecule has 0 atom stereocenters. The van der Waals surface area contributed by atoms with Crippen molar-refractivity contribution < 1.29 is 13.7 Å². The smallest absolute Gasteiger partial charge is 0.445 e. The van der Waals surface area contributed by atoms with Gasteiger partial charge in [0.2, 0.25) is 0 Å². The fourth-order valence-electron chi connectivity index (χ4n) is 3.32. The van der Waals surface area contributed by atoms with E-state index in [1.54, 1.807) is 0 Å². The van der Waals surface area contributed by atoms with Crippen LogP contribution in [0.5, 0.6) is 0 Å². The predicted molar refractivity (Wildman–Crippen MR) is 126 cm³/mol. The maximum absolute atomic E-state index is 6.17. The summed E-state index contributed by atoms with van der Waals surface area (Å²) in [7, 11) is -2.00. The number of benzene rings is 3. The Kier molecular flexibility index (Phi) is 5.51. The second-order valence-corrected chi connectivity index (χ2v) is 7.75. The Labute approximate surface area is 178 Å². The van der Waals surface area contributed by atoms with Gasteiger partial charge in [0.15, 0.2) is 0 Å². The molecule has 6 N–H and O–H groups in total. The van der Waals surface area contributed by atoms with Gasteiger partial charge < -0.3 is 30.9 Å². The van der Waals surface area contributed by atoms with Gasteiger partial charge in [-0.15, -0.1) is 0 Å². The van der Waals surface area contributed by atoms with Crippen LogP contribution in [0.25, 0.3) is 0 Å². The zero-order valence-corrected chi connectivity index (χ0v) is 17.4. The molecule has 0 aromatic heterocycles. The third kappa shape index (κ3) is 4.05. The van der Waals surface area contributed by atoms with Gasteiger partial charge in [-0.3, -0.25) is 0 Å². The summed E-state index contributed by atoms with van der Waals surface area (Å²) >= 11 is 0. The van der Waals surface area contributed by atoms with Crippen LogP contribution in [0, 0.1) is 20.8 Å². The molecular weight excluding hydrogens is 375 g/mol. The van der Waals surface area contributed by atoms with Crippen molar-refractivity contribution in [2.24, 2.45) is 0 Å². The van der Waals surface area contributed by atoms with Gasteiger partial charge in [-0.2, -0.15) is 0 Å². The maximum atomic E-state index is 6.17. The molecule has 1 fully saturated rings. The van der Waals surface area contributed by atoms with Crippen LogP contribution in [0.2, 0.25) is 0 Å². The van der Waals surface area contributed by atoms with E-state index in [9.17, 15) is 0 Å². The second-order valence-electron chi connectivity index (χ2n) is 7.75. The molecule has 150 valence electrons. The number of anilines is 3. The van der Waals surface area contributed by atoms with Crippen molar-refractivity contribution in [2.45, 2.75) is 20.8 Å². The van der Waals surface area contributed by atoms with Gasteiger partial charge in [0.05, 0.1) is 0 Å². The monoisotopic (exact) mass is 399 g/mol. The van der Waals surface area contributed by atoms with Gasteiger partial charge in [-0.05, 0) is 72.0 Å². The minimum Gasteiger partial charge on any atom is -0.445 e. The van der Waals surface area contributed by atoms with Crippen molar-refractivity contribution in [3.63, 3.8) is 0 Å². The van der Waals surface area contributed by atoms with E-state index in [2.05, 4.69) is 0 Å². The molecule has 4 rings (SSSR count). The van der Waals surface area contributed by atoms with Crippen molar-refractivity contribution in [1.82, 2.24) is 0 Å². The lowest BCUT2D eigenvalue weighted by Crippen LogP contribution is -2.61. The molecule has 1 aliphatic rings. The molecule has 0 amide bonds. The van der Waals surface area contributed by atoms with E-state index in [1.165, 1.54) is 0 Å². The largest absolute Gasteiger partial charge is 0.467 e. The third-order valence-electron chi connectivity index (χ3n) is 5.47. The third-order valence-corrected chi connectivity index (χ3v) is 5.47. The van der Waals surface area contributed by atoms with E-state index in [0.717, 1.165) is 33.1 Å². The first-order valence-electron chi connectivity index (χ1n) is 9.86. The number of nitrogens with two attached hydrogens (primary N) is 3. The molecule has 1 saturated heterocycles. The van der Waals surface area contributed by atoms with Gasteiger partial charge in [-0.25, -0.2) is 0 Å². The quantitative estimate of drug-likeness (QED) is 0.447. The summed E-state index contributed by atoms with van der Waals surface area (Å²) in [4.78, 5) is 0. The van der Waals surface area contributed by atoms with Crippen LogP contribution >= 0.6 is 0 Å². The lowest BCUT2D eigenvalue weighted by Gasteiger charge is -2.32. The van der Waals surface area contributed by atoms with Crippen molar-refractivity contribution >= 4 is 54.8 Å². The molecule has 3 aromatic rings. The summed E-state index contributed by atoms with van der Waals surface area (Å²) in [5, 5.41) is 0. The standard InChI is InChI=1S/C21H24B3N3O3/c1-13-4-7-16(10-19(13)25)22-28-23(17-8-5-14(2)20(26)11-17)30-24(29-22)18-9-6-15(3)21(27)12-18/h4-12H,25-27H2,1-3H3. The lowest BCUT2D eigenvalue weighted by molar-refractivity contribution is 0.308. The van der Waals surface area contributed by atoms with Gasteiger partial charge in [0, 0.05) is 17.1 Å². The molecule has 0 unspecified atom stereocenters. The fraction of sp³-hybridized carbons (Fsp3) is 0.143. The lowest BCUT2D eigenvalue weighted by atomic mass is 9.61. The van der Waals surface area contributed by atoms with E-state index >= 15 is 0 Å². The van der Waals surface area contributed by atoms with Gasteiger partial charge in [0.25, 0.3) is 0 Å². The molecule has 0 spiro atoms. The highest BCUT2D eigenvalue weighted by Gasteiger charge is 2.43. The average Bonchev–Trinajstić information content (AvgIpc) is 2.73. The SMILES string of the molecule is Cc1ccc(B2OB(c3ccc(C)c(N)c3)OB(c3ccc(C)c(N)c3)O2)cc1N. The van der Waals surface area contributed by atoms with E-state index in [-0.39, 0.29) is 0 Å². The molecule has 0 saturated carbocycles. The zero-order chi connectivity index (χ0) is 21.4. The Morgan fingerprint density at radius 3 is 1.00 bits per heavy atom. The first kappa shape index (κ1) is 20.4. The first-order chi connectivity index (χ1) is 14.3. The summed E-state index contributed by atoms with van der Waals surface area (Å²) in [5.74, 6) is 0. The molecular formula is C21H24B3N3O3. The van der Waals surface area contributed by atoms with Crippen molar-refractivity contribution in [3.8, 4) is 0 Å². The number of rotatable bonds is 3. The van der Waals surface area contributed by atoms with Crippen molar-refractivity contribution in [2.75, 3.05) is 17.2 Å². The summed E-state index contributed by atoms with van der Waals surface area (Å²) in [6, 6.07) is 17.3. The van der Waals surface area contributed by atoms with Crippen LogP contribution in [0.1, 0.15) is 16.7 Å². The van der Waals surface area contributed by atoms with Crippen LogP contribution in [0.3, 0.4) is 0 Å². The minimum atomic E-state index is -0.665. The maximum Gasteiger partial charge on any atom is 0.467 e. The summed E-state index contributed by atoms with van der Waals surface area (Å²) in [6.45, 7) is 5.88. The molecule has 1 aliphatic heterocycles. The number of hydrogen-bond acceptors (Lipinski definition) is 6. The highest BCUT2D eigenvalue weighted by molar-refractivity contribution is 6.87. The van der Waals surface area contributed by atoms with Gasteiger partial charge >= 0.3 is 21.4 Å². The second kappa shape index (κ2) is 8.10. The minimum absolute atomic E-state index is 0.665. The van der Waals surface area contributed by atoms with E-state index in [4.69, 9.17) is 30.9 Å². The molecule has 30 heavy (non-hydrogen) atoms. The van der Waals surface area contributed by atoms with Crippen molar-refractivity contribution in [3.05, 3.63) is 71.3 Å². The number of nitrogen functional groups attached to an aromatic ring is 3. The molecule has 0 aliphatic carbocycles. The van der Waals surface area contributed by atoms with Gasteiger partial charge in [-0.1, -0.05) is 36.4 Å². The molecule has 6 nitrogen and oxygen atoms in total. The predicted octanol–water partition coefficient (Wildman–Crippen LogP) is 0.908. The Bertz CT molecular complexity index is 954. The normalized spacial score (nSPS) is 14.3. The highest BCUT2D eigenvalue weighted by Crippen LogP contribution is 2.16. The van der Waals surface area contributed by atoms with E-state index in [1.807, 2.05) is 75.4 Å². The topological polar surface area (TPSA) is 106 Å². The van der Waals surface area contributed by atoms with E-state index in [0.29, 0.717) is 17.1 Å². The van der Waals surface area contributed by atoms with Crippen LogP contribution in [0.15, 0.2) is 54.6 Å². The Balaban J connectivity index is 1.72.